The molecule has 7 heteroatoms. The largest absolute Gasteiger partial charge is 0.371 e. The smallest absolute Gasteiger partial charge is 0.225 e. The Balaban J connectivity index is 1.35. The number of nitrogens with one attached hydrogen (secondary N) is 3. The topological polar surface area (TPSA) is 73.5 Å². The number of rotatable bonds is 6. The first-order valence-corrected chi connectivity index (χ1v) is 11.3. The normalized spacial score (nSPS) is 19.0. The standard InChI is InChI=1S/C25H31FN4O2/c1-16-7-9-30(10-8-16)23-13-21(26)22(11-17(23)2)29-20-5-3-18(4-6-20)14-28-25(32)19-12-24(31)27-15-19/h3-6,11,13,16,19,29H,7-10,12,14-15H2,1-2H3,(H,27,31)(H,28,32). The lowest BCUT2D eigenvalue weighted by molar-refractivity contribution is -0.126. The molecule has 2 heterocycles. The molecule has 2 fully saturated rings. The number of carbonyl (C=O) groups excluding carboxylic acids is 2. The fourth-order valence-corrected chi connectivity index (χ4v) is 4.34. The van der Waals surface area contributed by atoms with E-state index >= 15 is 0 Å². The van der Waals surface area contributed by atoms with Gasteiger partial charge in [-0.25, -0.2) is 4.39 Å². The summed E-state index contributed by atoms with van der Waals surface area (Å²) in [6.45, 7) is 7.03. The Morgan fingerprint density at radius 2 is 1.91 bits per heavy atom. The highest BCUT2D eigenvalue weighted by molar-refractivity contribution is 5.89. The zero-order valence-electron chi connectivity index (χ0n) is 18.7. The molecule has 2 aromatic rings. The predicted molar refractivity (Wildman–Crippen MR) is 124 cm³/mol. The molecule has 0 saturated carbocycles. The highest BCUT2D eigenvalue weighted by atomic mass is 19.1. The molecule has 6 nitrogen and oxygen atoms in total. The minimum Gasteiger partial charge on any atom is -0.371 e. The molecule has 1 unspecified atom stereocenters. The number of hydrogen-bond acceptors (Lipinski definition) is 4. The van der Waals surface area contributed by atoms with Crippen LogP contribution in [0.1, 0.15) is 37.3 Å². The van der Waals surface area contributed by atoms with Crippen LogP contribution in [0.5, 0.6) is 0 Å². The molecule has 3 N–H and O–H groups in total. The second-order valence-electron chi connectivity index (χ2n) is 9.03. The molecule has 0 bridgehead atoms. The number of piperidine rings is 1. The van der Waals surface area contributed by atoms with Crippen LogP contribution in [0.15, 0.2) is 36.4 Å². The molecule has 2 aliphatic rings. The van der Waals surface area contributed by atoms with Crippen molar-refractivity contribution in [2.24, 2.45) is 11.8 Å². The number of aryl methyl sites for hydroxylation is 1. The number of halogens is 1. The Labute approximate surface area is 188 Å². The van der Waals surface area contributed by atoms with E-state index in [2.05, 4.69) is 27.8 Å². The Hall–Kier alpha value is -3.09. The van der Waals surface area contributed by atoms with Crippen molar-refractivity contribution in [3.05, 3.63) is 53.3 Å². The molecule has 4 rings (SSSR count). The molecule has 170 valence electrons. The third-order valence-electron chi connectivity index (χ3n) is 6.46. The van der Waals surface area contributed by atoms with Crippen LogP contribution in [-0.2, 0) is 16.1 Å². The van der Waals surface area contributed by atoms with Gasteiger partial charge < -0.3 is 20.9 Å². The second kappa shape index (κ2) is 9.59. The van der Waals surface area contributed by atoms with E-state index in [1.165, 1.54) is 0 Å². The minimum absolute atomic E-state index is 0.0818. The molecule has 2 aromatic carbocycles. The third-order valence-corrected chi connectivity index (χ3v) is 6.46. The van der Waals surface area contributed by atoms with Gasteiger partial charge in [0.15, 0.2) is 0 Å². The van der Waals surface area contributed by atoms with E-state index in [9.17, 15) is 14.0 Å². The summed E-state index contributed by atoms with van der Waals surface area (Å²) in [5, 5.41) is 8.71. The molecular weight excluding hydrogens is 407 g/mol. The van der Waals surface area contributed by atoms with Crippen LogP contribution in [0.25, 0.3) is 0 Å². The molecular formula is C25H31FN4O2. The molecule has 32 heavy (non-hydrogen) atoms. The van der Waals surface area contributed by atoms with Crippen molar-refractivity contribution < 1.29 is 14.0 Å². The molecule has 0 spiro atoms. The lowest BCUT2D eigenvalue weighted by Crippen LogP contribution is -2.33. The summed E-state index contributed by atoms with van der Waals surface area (Å²) >= 11 is 0. The quantitative estimate of drug-likeness (QED) is 0.640. The first-order valence-electron chi connectivity index (χ1n) is 11.3. The maximum atomic E-state index is 14.8. The van der Waals surface area contributed by atoms with E-state index in [0.717, 1.165) is 54.4 Å². The Morgan fingerprint density at radius 3 is 2.56 bits per heavy atom. The first-order chi connectivity index (χ1) is 15.4. The monoisotopic (exact) mass is 438 g/mol. The Kier molecular flexibility index (Phi) is 6.63. The van der Waals surface area contributed by atoms with E-state index in [1.54, 1.807) is 6.07 Å². The number of benzene rings is 2. The molecule has 1 atom stereocenters. The van der Waals surface area contributed by atoms with Gasteiger partial charge in [-0.3, -0.25) is 9.59 Å². The van der Waals surface area contributed by atoms with Crippen LogP contribution in [-0.4, -0.2) is 31.4 Å². The predicted octanol–water partition coefficient (Wildman–Crippen LogP) is 3.87. The lowest BCUT2D eigenvalue weighted by atomic mass is 9.98. The summed E-state index contributed by atoms with van der Waals surface area (Å²) in [4.78, 5) is 25.7. The van der Waals surface area contributed by atoms with Crippen LogP contribution in [0, 0.1) is 24.6 Å². The van der Waals surface area contributed by atoms with Crippen molar-refractivity contribution in [1.29, 1.82) is 0 Å². The number of amides is 2. The highest BCUT2D eigenvalue weighted by Gasteiger charge is 2.27. The van der Waals surface area contributed by atoms with Gasteiger partial charge in [0.25, 0.3) is 0 Å². The third kappa shape index (κ3) is 5.21. The van der Waals surface area contributed by atoms with Gasteiger partial charge in [0.1, 0.15) is 5.82 Å². The van der Waals surface area contributed by atoms with Gasteiger partial charge in [0, 0.05) is 44.0 Å². The van der Waals surface area contributed by atoms with E-state index in [1.807, 2.05) is 37.3 Å². The van der Waals surface area contributed by atoms with Crippen molar-refractivity contribution in [3.8, 4) is 0 Å². The van der Waals surface area contributed by atoms with Gasteiger partial charge in [-0.2, -0.15) is 0 Å². The van der Waals surface area contributed by atoms with E-state index in [0.29, 0.717) is 18.8 Å². The zero-order valence-corrected chi connectivity index (χ0v) is 18.7. The zero-order chi connectivity index (χ0) is 22.7. The van der Waals surface area contributed by atoms with Crippen molar-refractivity contribution in [3.63, 3.8) is 0 Å². The SMILES string of the molecule is Cc1cc(Nc2ccc(CNC(=O)C3CNC(=O)C3)cc2)c(F)cc1N1CCC(C)CC1. The van der Waals surface area contributed by atoms with E-state index in [-0.39, 0.29) is 30.0 Å². The summed E-state index contributed by atoms with van der Waals surface area (Å²) in [6, 6.07) is 11.0. The Bertz CT molecular complexity index is 984. The van der Waals surface area contributed by atoms with Gasteiger partial charge >= 0.3 is 0 Å². The van der Waals surface area contributed by atoms with Crippen molar-refractivity contribution >= 4 is 28.9 Å². The summed E-state index contributed by atoms with van der Waals surface area (Å²) in [5.41, 5.74) is 4.21. The van der Waals surface area contributed by atoms with Gasteiger partial charge in [-0.05, 0) is 61.1 Å². The number of carbonyl (C=O) groups is 2. The lowest BCUT2D eigenvalue weighted by Gasteiger charge is -2.33. The average Bonchev–Trinajstić information content (AvgIpc) is 3.22. The maximum absolute atomic E-state index is 14.8. The van der Waals surface area contributed by atoms with Crippen LogP contribution >= 0.6 is 0 Å². The van der Waals surface area contributed by atoms with Crippen molar-refractivity contribution in [2.45, 2.75) is 39.7 Å². The van der Waals surface area contributed by atoms with Gasteiger partial charge in [-0.1, -0.05) is 19.1 Å². The molecule has 0 radical (unpaired) electrons. The van der Waals surface area contributed by atoms with Crippen molar-refractivity contribution in [1.82, 2.24) is 10.6 Å². The van der Waals surface area contributed by atoms with Crippen molar-refractivity contribution in [2.75, 3.05) is 29.9 Å². The molecule has 2 amide bonds. The van der Waals surface area contributed by atoms with Gasteiger partial charge in [0.05, 0.1) is 11.6 Å². The average molecular weight is 439 g/mol. The summed E-state index contributed by atoms with van der Waals surface area (Å²) in [5.74, 6) is -0.0308. The van der Waals surface area contributed by atoms with Gasteiger partial charge in [0.2, 0.25) is 11.8 Å². The highest BCUT2D eigenvalue weighted by Crippen LogP contribution is 2.31. The fourth-order valence-electron chi connectivity index (χ4n) is 4.34. The minimum atomic E-state index is -0.300. The Morgan fingerprint density at radius 1 is 1.19 bits per heavy atom. The summed E-state index contributed by atoms with van der Waals surface area (Å²) < 4.78 is 14.8. The van der Waals surface area contributed by atoms with E-state index in [4.69, 9.17) is 0 Å². The summed E-state index contributed by atoms with van der Waals surface area (Å²) in [7, 11) is 0. The number of nitrogens with zero attached hydrogens (tertiary/aromatic N) is 1. The molecule has 2 saturated heterocycles. The van der Waals surface area contributed by atoms with Crippen LogP contribution < -0.4 is 20.9 Å². The van der Waals surface area contributed by atoms with Crippen LogP contribution in [0.2, 0.25) is 0 Å². The fraction of sp³-hybridized carbons (Fsp3) is 0.440. The van der Waals surface area contributed by atoms with Gasteiger partial charge in [-0.15, -0.1) is 0 Å². The first kappa shape index (κ1) is 22.1. The molecule has 0 aromatic heterocycles. The maximum Gasteiger partial charge on any atom is 0.225 e. The number of anilines is 3. The van der Waals surface area contributed by atoms with Crippen LogP contribution in [0.4, 0.5) is 21.5 Å². The second-order valence-corrected chi connectivity index (χ2v) is 9.03. The number of hydrogen-bond donors (Lipinski definition) is 3. The molecule has 0 aliphatic carbocycles. The molecule has 2 aliphatic heterocycles. The van der Waals surface area contributed by atoms with E-state index < -0.39 is 0 Å². The summed E-state index contributed by atoms with van der Waals surface area (Å²) in [6.07, 6.45) is 2.53. The van der Waals surface area contributed by atoms with Crippen LogP contribution in [0.3, 0.4) is 0 Å².